The molecule has 0 aromatic heterocycles. The lowest BCUT2D eigenvalue weighted by Crippen LogP contribution is -2.41. The summed E-state index contributed by atoms with van der Waals surface area (Å²) in [6, 6.07) is 16.7. The normalized spacial score (nSPS) is 18.5. The van der Waals surface area contributed by atoms with E-state index in [-0.39, 0.29) is 23.6 Å². The van der Waals surface area contributed by atoms with E-state index in [1.807, 2.05) is 68.4 Å². The first-order valence-corrected chi connectivity index (χ1v) is 10.6. The van der Waals surface area contributed by atoms with Gasteiger partial charge in [0.25, 0.3) is 5.91 Å². The number of rotatable bonds is 5. The van der Waals surface area contributed by atoms with E-state index in [1.54, 1.807) is 4.90 Å². The van der Waals surface area contributed by atoms with E-state index in [0.717, 1.165) is 23.2 Å². The topological polar surface area (TPSA) is 74.1 Å². The molecule has 0 saturated carbocycles. The van der Waals surface area contributed by atoms with Crippen molar-refractivity contribution < 1.29 is 9.59 Å². The molecule has 2 aliphatic heterocycles. The first-order valence-electron chi connectivity index (χ1n) is 9.65. The fourth-order valence-electron chi connectivity index (χ4n) is 3.25. The Bertz CT molecular complexity index is 1000. The number of benzene rings is 2. The number of hydrogen-bond donors (Lipinski definition) is 1. The van der Waals surface area contributed by atoms with Crippen LogP contribution in [-0.2, 0) is 9.59 Å². The maximum atomic E-state index is 13.2. The molecule has 0 saturated heterocycles. The molecule has 4 rings (SSSR count). The average Bonchev–Trinajstić information content (AvgIpc) is 3.10. The number of carbonyl (C=O) groups is 2. The van der Waals surface area contributed by atoms with E-state index < -0.39 is 6.04 Å². The zero-order valence-electron chi connectivity index (χ0n) is 16.3. The van der Waals surface area contributed by atoms with Crippen LogP contribution in [0.4, 0.5) is 5.69 Å². The van der Waals surface area contributed by atoms with Crippen LogP contribution in [-0.4, -0.2) is 39.5 Å². The molecule has 2 atom stereocenters. The van der Waals surface area contributed by atoms with Crippen molar-refractivity contribution >= 4 is 40.3 Å². The predicted molar refractivity (Wildman–Crippen MR) is 116 cm³/mol. The van der Waals surface area contributed by atoms with Gasteiger partial charge in [-0.2, -0.15) is 0 Å². The molecule has 2 aromatic rings. The van der Waals surface area contributed by atoms with E-state index in [9.17, 15) is 9.59 Å². The van der Waals surface area contributed by atoms with Crippen LogP contribution in [0.2, 0.25) is 0 Å². The molecule has 1 N–H and O–H groups in total. The minimum Gasteiger partial charge on any atom is -0.353 e. The fourth-order valence-corrected chi connectivity index (χ4v) is 4.06. The highest BCUT2D eigenvalue weighted by Crippen LogP contribution is 2.37. The number of nitrogens with zero attached hydrogens (tertiary/aromatic N) is 3. The van der Waals surface area contributed by atoms with Crippen molar-refractivity contribution in [1.82, 2.24) is 10.2 Å². The summed E-state index contributed by atoms with van der Waals surface area (Å²) in [7, 11) is 0. The number of aliphatic imine (C=N–C) groups is 2. The number of hydrogen-bond acceptors (Lipinski definition) is 5. The van der Waals surface area contributed by atoms with Crippen LogP contribution in [0.1, 0.15) is 37.4 Å². The second kappa shape index (κ2) is 8.21. The molecular formula is C22H22N4O2S. The third-order valence-corrected chi connectivity index (χ3v) is 5.88. The molecule has 6 nitrogen and oxygen atoms in total. The van der Waals surface area contributed by atoms with Crippen molar-refractivity contribution in [1.29, 1.82) is 0 Å². The second-order valence-corrected chi connectivity index (χ2v) is 7.96. The van der Waals surface area contributed by atoms with Gasteiger partial charge in [-0.3, -0.25) is 9.59 Å². The average molecular weight is 407 g/mol. The summed E-state index contributed by atoms with van der Waals surface area (Å²) in [4.78, 5) is 36.4. The minimum absolute atomic E-state index is 0.0735. The van der Waals surface area contributed by atoms with E-state index >= 15 is 0 Å². The third kappa shape index (κ3) is 3.82. The van der Waals surface area contributed by atoms with E-state index in [0.29, 0.717) is 11.0 Å². The van der Waals surface area contributed by atoms with Gasteiger partial charge in [0, 0.05) is 11.6 Å². The molecule has 0 bridgehead atoms. The van der Waals surface area contributed by atoms with Gasteiger partial charge in [0.05, 0.1) is 11.4 Å². The number of para-hydroxylation sites is 1. The molecule has 0 unspecified atom stereocenters. The lowest BCUT2D eigenvalue weighted by molar-refractivity contribution is -0.124. The maximum absolute atomic E-state index is 13.2. The Labute approximate surface area is 174 Å². The molecule has 0 fully saturated rings. The second-order valence-electron chi connectivity index (χ2n) is 7.02. The molecule has 2 heterocycles. The van der Waals surface area contributed by atoms with Crippen molar-refractivity contribution in [3.63, 3.8) is 0 Å². The lowest BCUT2D eigenvalue weighted by Gasteiger charge is -2.25. The van der Waals surface area contributed by atoms with Crippen molar-refractivity contribution in [2.75, 3.05) is 5.75 Å². The number of thioether (sulfide) groups is 1. The Kier molecular flexibility index (Phi) is 5.49. The largest absolute Gasteiger partial charge is 0.353 e. The smallest absolute Gasteiger partial charge is 0.263 e. The standard InChI is InChI=1S/C22H22N4O2S/c1-3-14(2)23-18(27)13-29-22-24-17-12-8-7-11-16(17)20-25-19(21(28)26(20)22)15-9-5-4-6-10-15/h4-12,14,19H,3,13H2,1-2H3,(H,23,27)/t14-,19-/m0/s1. The van der Waals surface area contributed by atoms with E-state index in [2.05, 4.69) is 10.3 Å². The summed E-state index contributed by atoms with van der Waals surface area (Å²) in [5, 5.41) is 3.44. The number of amidine groups is 2. The lowest BCUT2D eigenvalue weighted by atomic mass is 10.1. The van der Waals surface area contributed by atoms with Crippen molar-refractivity contribution in [3.05, 3.63) is 65.7 Å². The van der Waals surface area contributed by atoms with Gasteiger partial charge in [0.1, 0.15) is 5.84 Å². The highest BCUT2D eigenvalue weighted by Gasteiger charge is 2.42. The molecule has 2 amide bonds. The van der Waals surface area contributed by atoms with Gasteiger partial charge in [-0.15, -0.1) is 0 Å². The van der Waals surface area contributed by atoms with E-state index in [4.69, 9.17) is 4.99 Å². The number of fused-ring (bicyclic) bond motifs is 3. The summed E-state index contributed by atoms with van der Waals surface area (Å²) in [5.74, 6) is 0.572. The van der Waals surface area contributed by atoms with Crippen molar-refractivity contribution in [3.8, 4) is 0 Å². The molecule has 29 heavy (non-hydrogen) atoms. The molecule has 2 aromatic carbocycles. The fraction of sp³-hybridized carbons (Fsp3) is 0.273. The monoisotopic (exact) mass is 406 g/mol. The van der Waals surface area contributed by atoms with Crippen LogP contribution in [0.5, 0.6) is 0 Å². The van der Waals surface area contributed by atoms with Gasteiger partial charge in [0.15, 0.2) is 11.2 Å². The van der Waals surface area contributed by atoms with Crippen LogP contribution in [0.25, 0.3) is 0 Å². The predicted octanol–water partition coefficient (Wildman–Crippen LogP) is 3.67. The van der Waals surface area contributed by atoms with Gasteiger partial charge >= 0.3 is 0 Å². The van der Waals surface area contributed by atoms with Crippen LogP contribution < -0.4 is 5.32 Å². The number of amides is 2. The molecule has 2 aliphatic rings. The summed E-state index contributed by atoms with van der Waals surface area (Å²) in [6.07, 6.45) is 0.866. The first-order chi connectivity index (χ1) is 14.1. The summed E-state index contributed by atoms with van der Waals surface area (Å²) < 4.78 is 0. The van der Waals surface area contributed by atoms with Crippen molar-refractivity contribution in [2.45, 2.75) is 32.4 Å². The molecule has 0 spiro atoms. The minimum atomic E-state index is -0.600. The molecule has 7 heteroatoms. The van der Waals surface area contributed by atoms with Gasteiger partial charge < -0.3 is 5.32 Å². The quantitative estimate of drug-likeness (QED) is 0.823. The van der Waals surface area contributed by atoms with Gasteiger partial charge in [0.2, 0.25) is 5.91 Å². The number of nitrogens with one attached hydrogen (secondary N) is 1. The molecule has 148 valence electrons. The first kappa shape index (κ1) is 19.4. The summed E-state index contributed by atoms with van der Waals surface area (Å²) in [5.41, 5.74) is 2.43. The van der Waals surface area contributed by atoms with Crippen LogP contribution in [0.15, 0.2) is 64.6 Å². The zero-order chi connectivity index (χ0) is 20.4. The van der Waals surface area contributed by atoms with Crippen molar-refractivity contribution in [2.24, 2.45) is 9.98 Å². The van der Waals surface area contributed by atoms with Crippen LogP contribution in [0.3, 0.4) is 0 Å². The van der Waals surface area contributed by atoms with E-state index in [1.165, 1.54) is 11.8 Å². The number of carbonyl (C=O) groups excluding carboxylic acids is 2. The van der Waals surface area contributed by atoms with Gasteiger partial charge in [-0.1, -0.05) is 61.2 Å². The van der Waals surface area contributed by atoms with Gasteiger partial charge in [-0.05, 0) is 31.0 Å². The Morgan fingerprint density at radius 1 is 1.17 bits per heavy atom. The zero-order valence-corrected chi connectivity index (χ0v) is 17.1. The maximum Gasteiger partial charge on any atom is 0.263 e. The van der Waals surface area contributed by atoms with Crippen LogP contribution >= 0.6 is 11.8 Å². The third-order valence-electron chi connectivity index (χ3n) is 4.94. The highest BCUT2D eigenvalue weighted by molar-refractivity contribution is 8.14. The molecular weight excluding hydrogens is 384 g/mol. The Morgan fingerprint density at radius 3 is 2.66 bits per heavy atom. The summed E-state index contributed by atoms with van der Waals surface area (Å²) >= 11 is 1.26. The Morgan fingerprint density at radius 2 is 1.90 bits per heavy atom. The van der Waals surface area contributed by atoms with Gasteiger partial charge in [-0.25, -0.2) is 14.9 Å². The Balaban J connectivity index is 1.64. The van der Waals surface area contributed by atoms with Crippen LogP contribution in [0, 0.1) is 0 Å². The summed E-state index contributed by atoms with van der Waals surface area (Å²) in [6.45, 7) is 3.99. The SMILES string of the molecule is CC[C@H](C)NC(=O)CSC1=Nc2ccccc2C2=N[C@@H](c3ccccc3)C(=O)N12. The molecule has 0 radical (unpaired) electrons. The molecule has 0 aliphatic carbocycles. The highest BCUT2D eigenvalue weighted by atomic mass is 32.2. The Hall–Kier alpha value is -2.93.